The van der Waals surface area contributed by atoms with E-state index in [4.69, 9.17) is 9.47 Å². The molecule has 0 radical (unpaired) electrons. The second-order valence-electron chi connectivity index (χ2n) is 4.90. The van der Waals surface area contributed by atoms with Gasteiger partial charge in [0, 0.05) is 21.4 Å². The maximum absolute atomic E-state index is 12.0. The maximum Gasteiger partial charge on any atom is 0.360 e. The summed E-state index contributed by atoms with van der Waals surface area (Å²) >= 11 is 3.49. The average molecular weight is 372 g/mol. The normalized spacial score (nSPS) is 10.5. The van der Waals surface area contributed by atoms with E-state index in [1.807, 2.05) is 48.5 Å². The van der Waals surface area contributed by atoms with Gasteiger partial charge in [-0.15, -0.1) is 0 Å². The van der Waals surface area contributed by atoms with E-state index < -0.39 is 5.97 Å². The molecule has 0 spiro atoms. The average Bonchev–Trinajstić information content (AvgIpc) is 2.60. The third-order valence-electron chi connectivity index (χ3n) is 3.44. The number of ether oxygens (including phenoxy) is 2. The summed E-state index contributed by atoms with van der Waals surface area (Å²) in [4.78, 5) is 16.2. The maximum atomic E-state index is 12.0. The van der Waals surface area contributed by atoms with E-state index >= 15 is 0 Å². The van der Waals surface area contributed by atoms with Crippen LogP contribution in [0.2, 0.25) is 0 Å². The number of halogens is 1. The molecule has 3 rings (SSSR count). The van der Waals surface area contributed by atoms with Crippen LogP contribution in [0.15, 0.2) is 59.2 Å². The molecule has 0 saturated heterocycles. The molecule has 1 aromatic heterocycles. The number of nitrogens with zero attached hydrogens (tertiary/aromatic N) is 1. The molecule has 0 atom stereocenters. The lowest BCUT2D eigenvalue weighted by Crippen LogP contribution is -2.09. The van der Waals surface area contributed by atoms with Crippen molar-refractivity contribution in [3.8, 4) is 5.75 Å². The van der Waals surface area contributed by atoms with Crippen molar-refractivity contribution in [2.75, 3.05) is 7.11 Å². The Morgan fingerprint density at radius 2 is 1.87 bits per heavy atom. The van der Waals surface area contributed by atoms with Crippen LogP contribution in [0.4, 0.5) is 0 Å². The summed E-state index contributed by atoms with van der Waals surface area (Å²) in [6.07, 6.45) is 1.64. The van der Waals surface area contributed by atoms with E-state index in [0.29, 0.717) is 12.4 Å². The van der Waals surface area contributed by atoms with Crippen molar-refractivity contribution in [3.63, 3.8) is 0 Å². The fraction of sp³-hybridized carbons (Fsp3) is 0.111. The Morgan fingerprint density at radius 1 is 1.09 bits per heavy atom. The Bertz CT molecular complexity index is 850. The first kappa shape index (κ1) is 15.5. The fourth-order valence-electron chi connectivity index (χ4n) is 2.30. The number of methoxy groups -OCH3 is 1. The summed E-state index contributed by atoms with van der Waals surface area (Å²) in [5.74, 6) is -0.0885. The zero-order valence-corrected chi connectivity index (χ0v) is 14.0. The summed E-state index contributed by atoms with van der Waals surface area (Å²) in [7, 11) is 1.33. The molecule has 0 amide bonds. The van der Waals surface area contributed by atoms with Crippen LogP contribution in [0.3, 0.4) is 0 Å². The number of hydrogen-bond donors (Lipinski definition) is 0. The molecule has 0 N–H and O–H groups in total. The molecule has 2 aromatic carbocycles. The molecule has 23 heavy (non-hydrogen) atoms. The molecular weight excluding hydrogens is 358 g/mol. The van der Waals surface area contributed by atoms with E-state index in [0.717, 1.165) is 20.8 Å². The summed E-state index contributed by atoms with van der Waals surface area (Å²) in [5, 5.41) is 1.69. The first-order chi connectivity index (χ1) is 11.2. The van der Waals surface area contributed by atoms with Crippen LogP contribution < -0.4 is 4.74 Å². The van der Waals surface area contributed by atoms with Crippen LogP contribution in [0.25, 0.3) is 10.8 Å². The first-order valence-corrected chi connectivity index (χ1v) is 7.82. The van der Waals surface area contributed by atoms with Gasteiger partial charge in [0.2, 0.25) is 0 Å². The van der Waals surface area contributed by atoms with Crippen LogP contribution >= 0.6 is 15.9 Å². The quantitative estimate of drug-likeness (QED) is 0.639. The van der Waals surface area contributed by atoms with E-state index in [1.165, 1.54) is 7.11 Å². The Hall–Kier alpha value is -2.40. The SMILES string of the molecule is COC(=O)c1ncc2c(Br)cccc2c1OCc1ccccc1. The van der Waals surface area contributed by atoms with Gasteiger partial charge in [-0.1, -0.05) is 58.4 Å². The van der Waals surface area contributed by atoms with E-state index in [-0.39, 0.29) is 5.69 Å². The molecule has 3 aromatic rings. The van der Waals surface area contributed by atoms with Crippen LogP contribution in [0.5, 0.6) is 5.75 Å². The third kappa shape index (κ3) is 3.19. The predicted octanol–water partition coefficient (Wildman–Crippen LogP) is 4.36. The number of carbonyl (C=O) groups excluding carboxylic acids is 1. The Morgan fingerprint density at radius 3 is 2.61 bits per heavy atom. The first-order valence-electron chi connectivity index (χ1n) is 7.03. The number of esters is 1. The molecule has 0 fully saturated rings. The van der Waals surface area contributed by atoms with Gasteiger partial charge in [-0.2, -0.15) is 0 Å². The minimum Gasteiger partial charge on any atom is -0.486 e. The number of pyridine rings is 1. The van der Waals surface area contributed by atoms with Crippen molar-refractivity contribution in [2.24, 2.45) is 0 Å². The molecule has 5 heteroatoms. The fourth-order valence-corrected chi connectivity index (χ4v) is 2.77. The van der Waals surface area contributed by atoms with Gasteiger partial charge in [-0.3, -0.25) is 0 Å². The lowest BCUT2D eigenvalue weighted by atomic mass is 10.1. The molecule has 0 bridgehead atoms. The van der Waals surface area contributed by atoms with Crippen molar-refractivity contribution in [1.82, 2.24) is 4.98 Å². The molecule has 116 valence electrons. The molecule has 0 aliphatic rings. The molecule has 0 aliphatic carbocycles. The number of carbonyl (C=O) groups is 1. The molecule has 0 saturated carbocycles. The standard InChI is InChI=1S/C18H14BrNO3/c1-22-18(21)16-17(23-11-12-6-3-2-4-7-12)13-8-5-9-15(19)14(13)10-20-16/h2-10H,11H2,1H3. The Labute approximate surface area is 142 Å². The van der Waals surface area contributed by atoms with Crippen molar-refractivity contribution < 1.29 is 14.3 Å². The molecule has 0 unspecified atom stereocenters. The van der Waals surface area contributed by atoms with Crippen molar-refractivity contribution in [2.45, 2.75) is 6.61 Å². The van der Waals surface area contributed by atoms with E-state index in [9.17, 15) is 4.79 Å². The lowest BCUT2D eigenvalue weighted by molar-refractivity contribution is 0.0589. The van der Waals surface area contributed by atoms with Crippen LogP contribution in [0, 0.1) is 0 Å². The van der Waals surface area contributed by atoms with Crippen molar-refractivity contribution >= 4 is 32.7 Å². The van der Waals surface area contributed by atoms with Crippen molar-refractivity contribution in [1.29, 1.82) is 0 Å². The van der Waals surface area contributed by atoms with Gasteiger partial charge in [0.25, 0.3) is 0 Å². The zero-order chi connectivity index (χ0) is 16.2. The second kappa shape index (κ2) is 6.79. The molecular formula is C18H14BrNO3. The Balaban J connectivity index is 2.07. The summed E-state index contributed by atoms with van der Waals surface area (Å²) in [6.45, 7) is 0.345. The summed E-state index contributed by atoms with van der Waals surface area (Å²) < 4.78 is 11.6. The van der Waals surface area contributed by atoms with Crippen LogP contribution in [-0.2, 0) is 11.3 Å². The number of rotatable bonds is 4. The highest BCUT2D eigenvalue weighted by Crippen LogP contribution is 2.33. The highest BCUT2D eigenvalue weighted by molar-refractivity contribution is 9.10. The van der Waals surface area contributed by atoms with Gasteiger partial charge < -0.3 is 9.47 Å². The largest absolute Gasteiger partial charge is 0.486 e. The molecule has 1 heterocycles. The van der Waals surface area contributed by atoms with Gasteiger partial charge in [-0.05, 0) is 11.6 Å². The highest BCUT2D eigenvalue weighted by atomic mass is 79.9. The summed E-state index contributed by atoms with van der Waals surface area (Å²) in [5.41, 5.74) is 1.18. The lowest BCUT2D eigenvalue weighted by Gasteiger charge is -2.13. The number of benzene rings is 2. The van der Waals surface area contributed by atoms with Gasteiger partial charge in [0.1, 0.15) is 6.61 Å². The topological polar surface area (TPSA) is 48.4 Å². The van der Waals surface area contributed by atoms with Crippen LogP contribution in [0.1, 0.15) is 16.1 Å². The van der Waals surface area contributed by atoms with Gasteiger partial charge in [0.15, 0.2) is 11.4 Å². The smallest absolute Gasteiger partial charge is 0.360 e. The van der Waals surface area contributed by atoms with Gasteiger partial charge >= 0.3 is 5.97 Å². The van der Waals surface area contributed by atoms with E-state index in [1.54, 1.807) is 6.20 Å². The second-order valence-corrected chi connectivity index (χ2v) is 5.76. The molecule has 0 aliphatic heterocycles. The van der Waals surface area contributed by atoms with E-state index in [2.05, 4.69) is 20.9 Å². The van der Waals surface area contributed by atoms with Gasteiger partial charge in [-0.25, -0.2) is 9.78 Å². The predicted molar refractivity (Wildman–Crippen MR) is 91.6 cm³/mol. The van der Waals surface area contributed by atoms with Gasteiger partial charge in [0.05, 0.1) is 7.11 Å². The monoisotopic (exact) mass is 371 g/mol. The number of aromatic nitrogens is 1. The Kier molecular flexibility index (Phi) is 4.57. The minimum atomic E-state index is -0.519. The summed E-state index contributed by atoms with van der Waals surface area (Å²) in [6, 6.07) is 15.5. The third-order valence-corrected chi connectivity index (χ3v) is 4.13. The number of hydrogen-bond acceptors (Lipinski definition) is 4. The van der Waals surface area contributed by atoms with Crippen LogP contribution in [-0.4, -0.2) is 18.1 Å². The minimum absolute atomic E-state index is 0.175. The zero-order valence-electron chi connectivity index (χ0n) is 12.5. The highest BCUT2D eigenvalue weighted by Gasteiger charge is 2.19. The molecule has 4 nitrogen and oxygen atoms in total. The number of fused-ring (bicyclic) bond motifs is 1. The van der Waals surface area contributed by atoms with Crippen molar-refractivity contribution in [3.05, 3.63) is 70.5 Å².